The van der Waals surface area contributed by atoms with Gasteiger partial charge in [0.05, 0.1) is 10.6 Å². The van der Waals surface area contributed by atoms with Gasteiger partial charge in [0.15, 0.2) is 0 Å². The zero-order valence-corrected chi connectivity index (χ0v) is 19.1. The van der Waals surface area contributed by atoms with Gasteiger partial charge >= 0.3 is 5.97 Å². The molecule has 0 spiro atoms. The zero-order valence-electron chi connectivity index (χ0n) is 17.5. The summed E-state index contributed by atoms with van der Waals surface area (Å²) in [5.74, 6) is -1.03. The van der Waals surface area contributed by atoms with Gasteiger partial charge < -0.3 is 9.72 Å². The minimum absolute atomic E-state index is 0.00342. The number of fused-ring (bicyclic) bond motifs is 1. The van der Waals surface area contributed by atoms with E-state index in [1.54, 1.807) is 30.3 Å². The summed E-state index contributed by atoms with van der Waals surface area (Å²) in [5.41, 5.74) is 2.15. The highest BCUT2D eigenvalue weighted by Crippen LogP contribution is 2.42. The topological polar surface area (TPSA) is 102 Å². The smallest absolute Gasteiger partial charge is 0.302 e. The first-order chi connectivity index (χ1) is 15.2. The molecule has 0 saturated heterocycles. The van der Waals surface area contributed by atoms with Crippen molar-refractivity contribution in [2.45, 2.75) is 55.4 Å². The second-order valence-corrected chi connectivity index (χ2v) is 10.3. The van der Waals surface area contributed by atoms with Crippen LogP contribution in [0.2, 0.25) is 0 Å². The van der Waals surface area contributed by atoms with Crippen LogP contribution in [-0.2, 0) is 26.2 Å². The number of primary sulfonamides is 1. The maximum Gasteiger partial charge on any atom is 0.302 e. The van der Waals surface area contributed by atoms with Crippen molar-refractivity contribution in [1.29, 1.82) is 0 Å². The molecule has 1 aliphatic rings. The molecule has 1 saturated carbocycles. The number of esters is 1. The Bertz CT molecular complexity index is 1280. The molecule has 32 heavy (non-hydrogen) atoms. The number of aromatic amines is 1. The van der Waals surface area contributed by atoms with Crippen molar-refractivity contribution in [3.63, 3.8) is 0 Å². The Morgan fingerprint density at radius 1 is 1.19 bits per heavy atom. The van der Waals surface area contributed by atoms with Crippen molar-refractivity contribution in [3.05, 3.63) is 53.3 Å². The van der Waals surface area contributed by atoms with E-state index in [1.807, 2.05) is 0 Å². The van der Waals surface area contributed by atoms with E-state index in [4.69, 9.17) is 21.5 Å². The number of hydrogen-bond acceptors (Lipinski definition) is 4. The van der Waals surface area contributed by atoms with Gasteiger partial charge in [-0.15, -0.1) is 11.6 Å². The molecule has 1 aromatic heterocycles. The lowest BCUT2D eigenvalue weighted by Crippen LogP contribution is -2.20. The second kappa shape index (κ2) is 8.84. The summed E-state index contributed by atoms with van der Waals surface area (Å²) in [6.45, 7) is 1.05. The van der Waals surface area contributed by atoms with Crippen LogP contribution in [0.4, 0.5) is 4.39 Å². The largest absolute Gasteiger partial charge is 0.461 e. The number of aromatic nitrogens is 1. The summed E-state index contributed by atoms with van der Waals surface area (Å²) in [6, 6.07) is 9.72. The average molecular weight is 479 g/mol. The minimum atomic E-state index is -4.13. The highest BCUT2D eigenvalue weighted by atomic mass is 35.5. The molecule has 1 heterocycles. The molecule has 2 aromatic carbocycles. The first kappa shape index (κ1) is 22.8. The van der Waals surface area contributed by atoms with Gasteiger partial charge in [-0.3, -0.25) is 4.79 Å². The molecule has 0 radical (unpaired) electrons. The predicted octanol–water partition coefficient (Wildman–Crippen LogP) is 4.95. The number of rotatable bonds is 5. The van der Waals surface area contributed by atoms with E-state index < -0.39 is 21.8 Å². The van der Waals surface area contributed by atoms with E-state index in [0.29, 0.717) is 27.9 Å². The maximum atomic E-state index is 14.7. The molecule has 3 N–H and O–H groups in total. The Hall–Kier alpha value is -2.42. The zero-order chi connectivity index (χ0) is 23.0. The third-order valence-corrected chi connectivity index (χ3v) is 7.45. The van der Waals surface area contributed by atoms with Crippen LogP contribution in [0.3, 0.4) is 0 Å². The van der Waals surface area contributed by atoms with Gasteiger partial charge in [-0.05, 0) is 49.3 Å². The van der Waals surface area contributed by atoms with Crippen LogP contribution in [0.5, 0.6) is 0 Å². The lowest BCUT2D eigenvalue weighted by atomic mass is 9.83. The molecule has 4 rings (SSSR count). The average Bonchev–Trinajstić information content (AvgIpc) is 3.11. The molecule has 170 valence electrons. The van der Waals surface area contributed by atoms with Crippen molar-refractivity contribution in [2.24, 2.45) is 5.14 Å². The van der Waals surface area contributed by atoms with Gasteiger partial charge in [-0.1, -0.05) is 24.3 Å². The van der Waals surface area contributed by atoms with Crippen LogP contribution in [-0.4, -0.2) is 24.7 Å². The molecule has 9 heteroatoms. The number of hydrogen-bond donors (Lipinski definition) is 2. The first-order valence-corrected chi connectivity index (χ1v) is 12.4. The van der Waals surface area contributed by atoms with Crippen molar-refractivity contribution in [2.75, 3.05) is 0 Å². The van der Waals surface area contributed by atoms with E-state index in [1.165, 1.54) is 13.0 Å². The standard InChI is InChI=1S/C23H24ClFN2O4S/c1-13(28)31-12-18-21-19(25)6-3-7-20(21)27-22(18)17-5-2-4-16(23(17)32(26,29)30)14-8-10-15(24)11-9-14/h2-7,14-15,27H,8-12H2,1H3,(H2,26,29,30). The summed E-state index contributed by atoms with van der Waals surface area (Å²) >= 11 is 6.24. The van der Waals surface area contributed by atoms with E-state index in [0.717, 1.165) is 25.7 Å². The Labute approximate surface area is 191 Å². The first-order valence-electron chi connectivity index (χ1n) is 10.4. The summed E-state index contributed by atoms with van der Waals surface area (Å²) < 4.78 is 45.5. The van der Waals surface area contributed by atoms with Gasteiger partial charge in [0, 0.05) is 34.3 Å². The van der Waals surface area contributed by atoms with Crippen LogP contribution in [0.15, 0.2) is 41.3 Å². The molecule has 0 amide bonds. The number of carbonyl (C=O) groups is 1. The SMILES string of the molecule is CC(=O)OCc1c(-c2cccc(C3CCC(Cl)CC3)c2S(N)(=O)=O)[nH]c2cccc(F)c12. The summed E-state index contributed by atoms with van der Waals surface area (Å²) in [4.78, 5) is 14.6. The van der Waals surface area contributed by atoms with Crippen LogP contribution >= 0.6 is 11.6 Å². The Morgan fingerprint density at radius 2 is 1.88 bits per heavy atom. The summed E-state index contributed by atoms with van der Waals surface area (Å²) in [6.07, 6.45) is 3.08. The highest BCUT2D eigenvalue weighted by Gasteiger charge is 2.30. The number of benzene rings is 2. The maximum absolute atomic E-state index is 14.7. The van der Waals surface area contributed by atoms with Crippen LogP contribution < -0.4 is 5.14 Å². The number of nitrogens with two attached hydrogens (primary N) is 1. The Morgan fingerprint density at radius 3 is 2.53 bits per heavy atom. The van der Waals surface area contributed by atoms with Crippen molar-refractivity contribution in [3.8, 4) is 11.3 Å². The minimum Gasteiger partial charge on any atom is -0.461 e. The van der Waals surface area contributed by atoms with E-state index in [-0.39, 0.29) is 28.2 Å². The normalized spacial score (nSPS) is 19.2. The van der Waals surface area contributed by atoms with Gasteiger partial charge in [0.25, 0.3) is 0 Å². The van der Waals surface area contributed by atoms with Crippen molar-refractivity contribution in [1.82, 2.24) is 4.98 Å². The van der Waals surface area contributed by atoms with Crippen LogP contribution in [0, 0.1) is 5.82 Å². The fourth-order valence-electron chi connectivity index (χ4n) is 4.57. The van der Waals surface area contributed by atoms with E-state index in [2.05, 4.69) is 4.98 Å². The number of alkyl halides is 1. The number of sulfonamides is 1. The lowest BCUT2D eigenvalue weighted by molar-refractivity contribution is -0.142. The summed E-state index contributed by atoms with van der Waals surface area (Å²) in [5, 5.41) is 6.03. The van der Waals surface area contributed by atoms with E-state index >= 15 is 0 Å². The van der Waals surface area contributed by atoms with Crippen molar-refractivity contribution < 1.29 is 22.3 Å². The number of halogens is 2. The molecular formula is C23H24ClFN2O4S. The Balaban J connectivity index is 1.96. The molecule has 1 fully saturated rings. The number of nitrogens with one attached hydrogen (secondary N) is 1. The fraction of sp³-hybridized carbons (Fsp3) is 0.348. The lowest BCUT2D eigenvalue weighted by Gasteiger charge is -2.27. The van der Waals surface area contributed by atoms with Gasteiger partial charge in [-0.2, -0.15) is 0 Å². The number of carbonyl (C=O) groups excluding carboxylic acids is 1. The Kier molecular flexibility index (Phi) is 6.29. The predicted molar refractivity (Wildman–Crippen MR) is 121 cm³/mol. The third kappa shape index (κ3) is 4.40. The molecule has 1 aliphatic carbocycles. The van der Waals surface area contributed by atoms with Crippen LogP contribution in [0.25, 0.3) is 22.2 Å². The van der Waals surface area contributed by atoms with Gasteiger partial charge in [-0.25, -0.2) is 17.9 Å². The molecule has 0 aliphatic heterocycles. The van der Waals surface area contributed by atoms with Gasteiger partial charge in [0.2, 0.25) is 10.0 Å². The second-order valence-electron chi connectivity index (χ2n) is 8.14. The third-order valence-electron chi connectivity index (χ3n) is 5.99. The number of ether oxygens (including phenoxy) is 1. The molecule has 6 nitrogen and oxygen atoms in total. The van der Waals surface area contributed by atoms with Gasteiger partial charge in [0.1, 0.15) is 12.4 Å². The fourth-order valence-corrected chi connectivity index (χ4v) is 5.86. The van der Waals surface area contributed by atoms with Crippen molar-refractivity contribution >= 4 is 38.5 Å². The highest BCUT2D eigenvalue weighted by molar-refractivity contribution is 7.89. The monoisotopic (exact) mass is 478 g/mol. The molecular weight excluding hydrogens is 455 g/mol. The van der Waals surface area contributed by atoms with E-state index in [9.17, 15) is 17.6 Å². The number of H-pyrrole nitrogens is 1. The molecule has 0 bridgehead atoms. The molecule has 0 unspecified atom stereocenters. The quantitative estimate of drug-likeness (QED) is 0.400. The van der Waals surface area contributed by atoms with Crippen LogP contribution in [0.1, 0.15) is 49.7 Å². The summed E-state index contributed by atoms with van der Waals surface area (Å²) in [7, 11) is -4.13. The molecule has 0 atom stereocenters. The molecule has 3 aromatic rings.